The van der Waals surface area contributed by atoms with Gasteiger partial charge in [0.1, 0.15) is 0 Å². The van der Waals surface area contributed by atoms with Gasteiger partial charge in [-0.2, -0.15) is 0 Å². The van der Waals surface area contributed by atoms with Crippen molar-refractivity contribution in [2.75, 3.05) is 13.2 Å². The Balaban J connectivity index is 1.90. The molecule has 1 N–H and O–H groups in total. The zero-order valence-electron chi connectivity index (χ0n) is 9.58. The predicted molar refractivity (Wildman–Crippen MR) is 57.3 cm³/mol. The molecule has 1 unspecified atom stereocenters. The monoisotopic (exact) mass is 224 g/mol. The van der Waals surface area contributed by atoms with Gasteiger partial charge in [-0.25, -0.2) is 4.98 Å². The molecule has 2 heterocycles. The summed E-state index contributed by atoms with van der Waals surface area (Å²) in [6.45, 7) is 4.82. The predicted octanol–water partition coefficient (Wildman–Crippen LogP) is 1.20. The van der Waals surface area contributed by atoms with Crippen molar-refractivity contribution in [1.82, 2.24) is 10.3 Å². The maximum absolute atomic E-state index is 11.7. The average molecular weight is 224 g/mol. The fourth-order valence-electron chi connectivity index (χ4n) is 1.83. The third-order valence-electron chi connectivity index (χ3n) is 2.62. The number of nitrogens with one attached hydrogen (secondary N) is 1. The van der Waals surface area contributed by atoms with Gasteiger partial charge in [0, 0.05) is 20.1 Å². The maximum atomic E-state index is 11.7. The molecule has 1 amide bonds. The Hall–Kier alpha value is -1.36. The number of carbonyl (C=O) groups is 1. The van der Waals surface area contributed by atoms with Gasteiger partial charge in [-0.1, -0.05) is 0 Å². The minimum Gasteiger partial charge on any atom is -0.436 e. The topological polar surface area (TPSA) is 64.4 Å². The molecule has 2 rings (SSSR count). The molecule has 0 aliphatic carbocycles. The van der Waals surface area contributed by atoms with Crippen LogP contribution in [-0.2, 0) is 4.74 Å². The summed E-state index contributed by atoms with van der Waals surface area (Å²) in [5.41, 5.74) is 0.627. The van der Waals surface area contributed by atoms with Crippen LogP contribution in [0.2, 0.25) is 0 Å². The van der Waals surface area contributed by atoms with Gasteiger partial charge in [-0.3, -0.25) is 4.79 Å². The Labute approximate surface area is 94.2 Å². The molecule has 1 aromatic heterocycles. The van der Waals surface area contributed by atoms with Crippen LogP contribution < -0.4 is 5.32 Å². The number of nitrogens with zero attached hydrogens (tertiary/aromatic N) is 1. The summed E-state index contributed by atoms with van der Waals surface area (Å²) in [6, 6.07) is 0. The molecular weight excluding hydrogens is 208 g/mol. The lowest BCUT2D eigenvalue weighted by molar-refractivity contribution is 0.0833. The summed E-state index contributed by atoms with van der Waals surface area (Å²) in [5.74, 6) is 0.601. The first kappa shape index (κ1) is 11.1. The molecule has 0 radical (unpaired) electrons. The largest absolute Gasteiger partial charge is 0.436 e. The van der Waals surface area contributed by atoms with Crippen molar-refractivity contribution in [3.8, 4) is 0 Å². The first-order valence-corrected chi connectivity index (χ1v) is 5.50. The standard InChI is InChI=1S/C11H16N2O3/c1-7-10(16-8(2)13-7)11(14)12-6-9-4-3-5-15-9/h9H,3-6H2,1-2H3,(H,12,14). The molecule has 1 fully saturated rings. The van der Waals surface area contributed by atoms with Gasteiger partial charge in [0.25, 0.3) is 5.91 Å². The number of carbonyl (C=O) groups excluding carboxylic acids is 1. The van der Waals surface area contributed by atoms with Crippen molar-refractivity contribution >= 4 is 5.91 Å². The van der Waals surface area contributed by atoms with Gasteiger partial charge in [0.15, 0.2) is 5.89 Å². The minimum atomic E-state index is -0.214. The van der Waals surface area contributed by atoms with Crippen LogP contribution in [0.1, 0.15) is 35.0 Å². The van der Waals surface area contributed by atoms with Crippen LogP contribution >= 0.6 is 0 Å². The number of aromatic nitrogens is 1. The number of oxazole rings is 1. The highest BCUT2D eigenvalue weighted by molar-refractivity contribution is 5.92. The summed E-state index contributed by atoms with van der Waals surface area (Å²) in [7, 11) is 0. The third-order valence-corrected chi connectivity index (χ3v) is 2.62. The van der Waals surface area contributed by atoms with E-state index < -0.39 is 0 Å². The van der Waals surface area contributed by atoms with E-state index in [0.717, 1.165) is 19.4 Å². The Morgan fingerprint density at radius 1 is 1.56 bits per heavy atom. The molecule has 0 bridgehead atoms. The van der Waals surface area contributed by atoms with Crippen LogP contribution in [0.5, 0.6) is 0 Å². The van der Waals surface area contributed by atoms with Crippen LogP contribution in [0.25, 0.3) is 0 Å². The third kappa shape index (κ3) is 2.41. The molecule has 5 heteroatoms. The summed E-state index contributed by atoms with van der Waals surface area (Å²) >= 11 is 0. The molecule has 5 nitrogen and oxygen atoms in total. The van der Waals surface area contributed by atoms with Crippen LogP contribution in [0.3, 0.4) is 0 Å². The lowest BCUT2D eigenvalue weighted by atomic mass is 10.2. The summed E-state index contributed by atoms with van der Waals surface area (Å²) < 4.78 is 10.6. The van der Waals surface area contributed by atoms with Crippen LogP contribution in [0, 0.1) is 13.8 Å². The van der Waals surface area contributed by atoms with Gasteiger partial charge in [-0.15, -0.1) is 0 Å². The van der Waals surface area contributed by atoms with E-state index in [1.54, 1.807) is 13.8 Å². The first-order chi connectivity index (χ1) is 7.66. The van der Waals surface area contributed by atoms with Crippen molar-refractivity contribution < 1.29 is 13.9 Å². The van der Waals surface area contributed by atoms with Crippen molar-refractivity contribution in [3.63, 3.8) is 0 Å². The number of rotatable bonds is 3. The highest BCUT2D eigenvalue weighted by Crippen LogP contribution is 2.12. The van der Waals surface area contributed by atoms with Crippen molar-refractivity contribution in [2.45, 2.75) is 32.8 Å². The van der Waals surface area contributed by atoms with E-state index >= 15 is 0 Å². The first-order valence-electron chi connectivity index (χ1n) is 5.50. The molecule has 1 atom stereocenters. The van der Waals surface area contributed by atoms with E-state index in [1.165, 1.54) is 0 Å². The lowest BCUT2D eigenvalue weighted by Crippen LogP contribution is -2.31. The van der Waals surface area contributed by atoms with Gasteiger partial charge in [0.2, 0.25) is 5.76 Å². The summed E-state index contributed by atoms with van der Waals surface area (Å²) in [6.07, 6.45) is 2.23. The zero-order valence-corrected chi connectivity index (χ0v) is 9.58. The van der Waals surface area contributed by atoms with E-state index in [9.17, 15) is 4.79 Å². The maximum Gasteiger partial charge on any atom is 0.289 e. The van der Waals surface area contributed by atoms with Gasteiger partial charge in [-0.05, 0) is 19.8 Å². The minimum absolute atomic E-state index is 0.147. The molecule has 16 heavy (non-hydrogen) atoms. The van der Waals surface area contributed by atoms with Crippen molar-refractivity contribution in [1.29, 1.82) is 0 Å². The molecule has 1 aliphatic heterocycles. The van der Waals surface area contributed by atoms with Crippen molar-refractivity contribution in [2.24, 2.45) is 0 Å². The number of amides is 1. The molecule has 0 aromatic carbocycles. The molecule has 88 valence electrons. The van der Waals surface area contributed by atoms with Gasteiger partial charge < -0.3 is 14.5 Å². The summed E-state index contributed by atoms with van der Waals surface area (Å²) in [5, 5.41) is 2.80. The van der Waals surface area contributed by atoms with Crippen LogP contribution in [-0.4, -0.2) is 30.1 Å². The van der Waals surface area contributed by atoms with Gasteiger partial charge >= 0.3 is 0 Å². The van der Waals surface area contributed by atoms with Crippen molar-refractivity contribution in [3.05, 3.63) is 17.3 Å². The molecule has 1 aliphatic rings. The average Bonchev–Trinajstić information content (AvgIpc) is 2.84. The Kier molecular flexibility index (Phi) is 3.24. The van der Waals surface area contributed by atoms with E-state index in [0.29, 0.717) is 23.9 Å². The molecule has 0 spiro atoms. The zero-order chi connectivity index (χ0) is 11.5. The number of ether oxygens (including phenoxy) is 1. The second kappa shape index (κ2) is 4.65. The lowest BCUT2D eigenvalue weighted by Gasteiger charge is -2.09. The van der Waals surface area contributed by atoms with E-state index in [-0.39, 0.29) is 12.0 Å². The summed E-state index contributed by atoms with van der Waals surface area (Å²) in [4.78, 5) is 15.8. The Morgan fingerprint density at radius 3 is 2.94 bits per heavy atom. The fraction of sp³-hybridized carbons (Fsp3) is 0.636. The van der Waals surface area contributed by atoms with Crippen LogP contribution in [0.4, 0.5) is 0 Å². The highest BCUT2D eigenvalue weighted by atomic mass is 16.5. The van der Waals surface area contributed by atoms with Crippen LogP contribution in [0.15, 0.2) is 4.42 Å². The second-order valence-corrected chi connectivity index (χ2v) is 3.99. The SMILES string of the molecule is Cc1nc(C)c(C(=O)NCC2CCCO2)o1. The molecule has 1 aromatic rings. The van der Waals surface area contributed by atoms with E-state index in [1.807, 2.05) is 0 Å². The van der Waals surface area contributed by atoms with E-state index in [2.05, 4.69) is 10.3 Å². The second-order valence-electron chi connectivity index (χ2n) is 3.99. The van der Waals surface area contributed by atoms with Gasteiger partial charge in [0.05, 0.1) is 11.8 Å². The Bertz CT molecular complexity index is 381. The number of hydrogen-bond acceptors (Lipinski definition) is 4. The number of hydrogen-bond donors (Lipinski definition) is 1. The molecule has 0 saturated carbocycles. The number of aryl methyl sites for hydroxylation is 2. The normalized spacial score (nSPS) is 20.0. The quantitative estimate of drug-likeness (QED) is 0.837. The Morgan fingerprint density at radius 2 is 2.38 bits per heavy atom. The highest BCUT2D eigenvalue weighted by Gasteiger charge is 2.19. The van der Waals surface area contributed by atoms with E-state index in [4.69, 9.17) is 9.15 Å². The molecule has 1 saturated heterocycles. The molecular formula is C11H16N2O3. The smallest absolute Gasteiger partial charge is 0.289 e. The fourth-order valence-corrected chi connectivity index (χ4v) is 1.83.